The molecule has 0 unspecified atom stereocenters. The number of nitrogens with two attached hydrogens (primary N) is 1. The van der Waals surface area contributed by atoms with Crippen molar-refractivity contribution < 1.29 is 14.3 Å². The number of morpholine rings is 1. The molecule has 2 N–H and O–H groups in total. The van der Waals surface area contributed by atoms with Crippen LogP contribution in [0.4, 0.5) is 5.82 Å². The Bertz CT molecular complexity index is 1040. The first-order valence-corrected chi connectivity index (χ1v) is 10.6. The molecule has 31 heavy (non-hydrogen) atoms. The molecule has 1 amide bonds. The highest BCUT2D eigenvalue weighted by Gasteiger charge is 2.18. The molecule has 1 saturated heterocycles. The van der Waals surface area contributed by atoms with Crippen molar-refractivity contribution in [1.82, 2.24) is 14.7 Å². The molecular formula is C23H25ClN4O3. The highest BCUT2D eigenvalue weighted by atomic mass is 35.5. The average Bonchev–Trinajstić information content (AvgIpc) is 3.10. The van der Waals surface area contributed by atoms with E-state index in [-0.39, 0.29) is 12.5 Å². The largest absolute Gasteiger partial charge is 0.492 e. The third-order valence-electron chi connectivity index (χ3n) is 5.13. The number of aromatic nitrogens is 2. The molecule has 2 heterocycles. The standard InChI is InChI=1S/C23H25ClN4O3/c24-20-2-1-3-21(13-20)31-11-9-28-15-19(23(25)26-28)12-17-4-6-18(7-5-17)14-27-8-10-30-16-22(27)29/h1-7,13,15H,8-12,14,16H2,(H2,25,26). The van der Waals surface area contributed by atoms with Gasteiger partial charge in [-0.25, -0.2) is 0 Å². The molecule has 2 aromatic carbocycles. The van der Waals surface area contributed by atoms with Crippen LogP contribution in [-0.2, 0) is 29.0 Å². The van der Waals surface area contributed by atoms with Crippen LogP contribution in [0.15, 0.2) is 54.7 Å². The first-order chi connectivity index (χ1) is 15.1. The zero-order chi connectivity index (χ0) is 21.6. The maximum atomic E-state index is 11.9. The van der Waals surface area contributed by atoms with Crippen LogP contribution >= 0.6 is 11.6 Å². The summed E-state index contributed by atoms with van der Waals surface area (Å²) in [5.41, 5.74) is 9.32. The maximum Gasteiger partial charge on any atom is 0.248 e. The van der Waals surface area contributed by atoms with Crippen molar-refractivity contribution in [3.8, 4) is 5.75 Å². The molecule has 4 rings (SSSR count). The first kappa shape index (κ1) is 21.2. The lowest BCUT2D eigenvalue weighted by atomic mass is 10.0. The van der Waals surface area contributed by atoms with Crippen molar-refractivity contribution in [2.24, 2.45) is 0 Å². The van der Waals surface area contributed by atoms with Gasteiger partial charge in [-0.05, 0) is 29.3 Å². The van der Waals surface area contributed by atoms with Gasteiger partial charge in [-0.3, -0.25) is 9.48 Å². The summed E-state index contributed by atoms with van der Waals surface area (Å²) in [7, 11) is 0. The quantitative estimate of drug-likeness (QED) is 0.581. The van der Waals surface area contributed by atoms with E-state index in [1.54, 1.807) is 10.7 Å². The Labute approximate surface area is 186 Å². The second-order valence-corrected chi connectivity index (χ2v) is 7.91. The number of benzene rings is 2. The Balaban J connectivity index is 1.31. The molecule has 3 aromatic rings. The molecule has 0 aliphatic carbocycles. The van der Waals surface area contributed by atoms with E-state index in [1.807, 2.05) is 29.3 Å². The topological polar surface area (TPSA) is 82.6 Å². The van der Waals surface area contributed by atoms with Gasteiger partial charge in [0.2, 0.25) is 5.91 Å². The predicted octanol–water partition coefficient (Wildman–Crippen LogP) is 3.15. The Morgan fingerprint density at radius 3 is 2.74 bits per heavy atom. The molecule has 0 spiro atoms. The van der Waals surface area contributed by atoms with Gasteiger partial charge in [-0.1, -0.05) is 41.9 Å². The number of nitrogen functional groups attached to an aromatic ring is 1. The van der Waals surface area contributed by atoms with Gasteiger partial charge in [0.1, 0.15) is 24.8 Å². The number of carbonyl (C=O) groups excluding carboxylic acids is 1. The fourth-order valence-corrected chi connectivity index (χ4v) is 3.64. The van der Waals surface area contributed by atoms with Crippen molar-refractivity contribution in [2.45, 2.75) is 19.5 Å². The molecule has 1 aliphatic rings. The molecule has 0 atom stereocenters. The van der Waals surface area contributed by atoms with Crippen molar-refractivity contribution in [2.75, 3.05) is 32.1 Å². The van der Waals surface area contributed by atoms with Crippen LogP contribution in [0.1, 0.15) is 16.7 Å². The number of ether oxygens (including phenoxy) is 2. The molecule has 162 valence electrons. The number of nitrogens with zero attached hydrogens (tertiary/aromatic N) is 3. The number of halogens is 1. The second-order valence-electron chi connectivity index (χ2n) is 7.47. The molecule has 7 nitrogen and oxygen atoms in total. The van der Waals surface area contributed by atoms with Crippen molar-refractivity contribution in [3.05, 3.63) is 76.4 Å². The van der Waals surface area contributed by atoms with Gasteiger partial charge in [0.05, 0.1) is 13.2 Å². The number of hydrogen-bond acceptors (Lipinski definition) is 5. The van der Waals surface area contributed by atoms with Crippen LogP contribution in [0.25, 0.3) is 0 Å². The van der Waals surface area contributed by atoms with Gasteiger partial charge in [0, 0.05) is 36.3 Å². The molecule has 0 bridgehead atoms. The Hall–Kier alpha value is -3.03. The zero-order valence-corrected chi connectivity index (χ0v) is 17.9. The molecule has 0 radical (unpaired) electrons. The summed E-state index contributed by atoms with van der Waals surface area (Å²) >= 11 is 5.97. The fourth-order valence-electron chi connectivity index (χ4n) is 3.46. The van der Waals surface area contributed by atoms with E-state index in [2.05, 4.69) is 29.4 Å². The minimum atomic E-state index is 0.0369. The third kappa shape index (κ3) is 5.77. The maximum absolute atomic E-state index is 11.9. The van der Waals surface area contributed by atoms with Crippen LogP contribution in [0, 0.1) is 0 Å². The fraction of sp³-hybridized carbons (Fsp3) is 0.304. The van der Waals surface area contributed by atoms with E-state index >= 15 is 0 Å². The van der Waals surface area contributed by atoms with Crippen LogP contribution in [0.5, 0.6) is 5.75 Å². The minimum Gasteiger partial charge on any atom is -0.492 e. The lowest BCUT2D eigenvalue weighted by molar-refractivity contribution is -0.143. The van der Waals surface area contributed by atoms with E-state index in [4.69, 9.17) is 26.8 Å². The van der Waals surface area contributed by atoms with Crippen LogP contribution in [0.3, 0.4) is 0 Å². The Kier molecular flexibility index (Phi) is 6.74. The average molecular weight is 441 g/mol. The van der Waals surface area contributed by atoms with E-state index in [1.165, 1.54) is 0 Å². The second kappa shape index (κ2) is 9.85. The van der Waals surface area contributed by atoms with Crippen LogP contribution < -0.4 is 10.5 Å². The first-order valence-electron chi connectivity index (χ1n) is 10.2. The van der Waals surface area contributed by atoms with Gasteiger partial charge in [-0.2, -0.15) is 5.10 Å². The lowest BCUT2D eigenvalue weighted by Crippen LogP contribution is -2.40. The Morgan fingerprint density at radius 1 is 1.16 bits per heavy atom. The van der Waals surface area contributed by atoms with Gasteiger partial charge < -0.3 is 20.1 Å². The predicted molar refractivity (Wildman–Crippen MR) is 119 cm³/mol. The smallest absolute Gasteiger partial charge is 0.248 e. The number of anilines is 1. The summed E-state index contributed by atoms with van der Waals surface area (Å²) in [5, 5.41) is 5.04. The third-order valence-corrected chi connectivity index (χ3v) is 5.37. The van der Waals surface area contributed by atoms with Gasteiger partial charge in [0.25, 0.3) is 0 Å². The SMILES string of the molecule is Nc1nn(CCOc2cccc(Cl)c2)cc1Cc1ccc(CN2CCOCC2=O)cc1. The van der Waals surface area contributed by atoms with E-state index < -0.39 is 0 Å². The van der Waals surface area contributed by atoms with Crippen molar-refractivity contribution in [1.29, 1.82) is 0 Å². The molecule has 1 aliphatic heterocycles. The molecule has 0 saturated carbocycles. The van der Waals surface area contributed by atoms with Gasteiger partial charge in [0.15, 0.2) is 0 Å². The summed E-state index contributed by atoms with van der Waals surface area (Å²) in [6.07, 6.45) is 2.65. The van der Waals surface area contributed by atoms with Crippen molar-refractivity contribution in [3.63, 3.8) is 0 Å². The highest BCUT2D eigenvalue weighted by molar-refractivity contribution is 6.30. The number of amides is 1. The van der Waals surface area contributed by atoms with Crippen LogP contribution in [0.2, 0.25) is 5.02 Å². The lowest BCUT2D eigenvalue weighted by Gasteiger charge is -2.26. The van der Waals surface area contributed by atoms with Crippen molar-refractivity contribution >= 4 is 23.3 Å². The summed E-state index contributed by atoms with van der Waals surface area (Å²) < 4.78 is 12.7. The summed E-state index contributed by atoms with van der Waals surface area (Å²) in [6.45, 7) is 3.06. The minimum absolute atomic E-state index is 0.0369. The molecular weight excluding hydrogens is 416 g/mol. The molecule has 1 aromatic heterocycles. The number of rotatable bonds is 8. The summed E-state index contributed by atoms with van der Waals surface area (Å²) in [4.78, 5) is 13.7. The van der Waals surface area contributed by atoms with E-state index in [0.717, 1.165) is 22.4 Å². The zero-order valence-electron chi connectivity index (χ0n) is 17.2. The number of carbonyl (C=O) groups is 1. The highest BCUT2D eigenvalue weighted by Crippen LogP contribution is 2.19. The molecule has 1 fully saturated rings. The summed E-state index contributed by atoms with van der Waals surface area (Å²) in [6, 6.07) is 15.6. The van der Waals surface area contributed by atoms with Gasteiger partial charge >= 0.3 is 0 Å². The monoisotopic (exact) mass is 440 g/mol. The van der Waals surface area contributed by atoms with E-state index in [0.29, 0.717) is 50.1 Å². The van der Waals surface area contributed by atoms with Crippen LogP contribution in [-0.4, -0.2) is 47.0 Å². The van der Waals surface area contributed by atoms with E-state index in [9.17, 15) is 4.79 Å². The normalized spacial score (nSPS) is 14.1. The molecule has 8 heteroatoms. The van der Waals surface area contributed by atoms with Gasteiger partial charge in [-0.15, -0.1) is 0 Å². The Morgan fingerprint density at radius 2 is 1.97 bits per heavy atom. The number of hydrogen-bond donors (Lipinski definition) is 1. The summed E-state index contributed by atoms with van der Waals surface area (Å²) in [5.74, 6) is 1.28.